The Balaban J connectivity index is 1.86. The van der Waals surface area contributed by atoms with E-state index in [1.165, 1.54) is 32.1 Å². The molecule has 4 nitrogen and oxygen atoms in total. The van der Waals surface area contributed by atoms with Gasteiger partial charge in [0, 0.05) is 18.9 Å². The summed E-state index contributed by atoms with van der Waals surface area (Å²) in [5.74, 6) is 1.54. The topological polar surface area (TPSA) is 54.9 Å². The third-order valence-electron chi connectivity index (χ3n) is 3.49. The summed E-state index contributed by atoms with van der Waals surface area (Å²) in [6.07, 6.45) is 6.99. The smallest absolute Gasteiger partial charge is 0.148 e. The van der Waals surface area contributed by atoms with Crippen LogP contribution in [0.25, 0.3) is 0 Å². The van der Waals surface area contributed by atoms with Gasteiger partial charge in [-0.25, -0.2) is 0 Å². The van der Waals surface area contributed by atoms with Crippen molar-refractivity contribution in [3.05, 3.63) is 17.8 Å². The first-order chi connectivity index (χ1) is 8.75. The van der Waals surface area contributed by atoms with Crippen LogP contribution in [0.2, 0.25) is 0 Å². The molecule has 1 N–H and O–H groups in total. The molecule has 1 aromatic heterocycles. The normalized spacial score (nSPS) is 16.5. The highest BCUT2D eigenvalue weighted by molar-refractivity contribution is 5.75. The van der Waals surface area contributed by atoms with E-state index >= 15 is 0 Å². The van der Waals surface area contributed by atoms with Crippen LogP contribution in [0.1, 0.15) is 57.1 Å². The number of nitrogens with one attached hydrogen (secondary N) is 1. The summed E-state index contributed by atoms with van der Waals surface area (Å²) in [4.78, 5) is 10.8. The van der Waals surface area contributed by atoms with E-state index in [9.17, 15) is 4.79 Å². The minimum absolute atomic E-state index is 0.189. The van der Waals surface area contributed by atoms with Gasteiger partial charge in [-0.05, 0) is 31.9 Å². The van der Waals surface area contributed by atoms with Gasteiger partial charge in [0.15, 0.2) is 0 Å². The number of carbonyl (C=O) groups excluding carboxylic acids is 1. The van der Waals surface area contributed by atoms with Gasteiger partial charge in [-0.3, -0.25) is 4.79 Å². The summed E-state index contributed by atoms with van der Waals surface area (Å²) in [6.45, 7) is 2.23. The van der Waals surface area contributed by atoms with Crippen molar-refractivity contribution < 1.29 is 4.79 Å². The number of rotatable bonds is 5. The number of Topliss-reactive ketones (excluding diaryl/α,β-unsaturated/α-hetero) is 1. The standard InChI is InChI=1S/C14H21N3O/c1-11(18)9-10-15-14-8-7-13(16-17-14)12-5-3-2-4-6-12/h7-8,12H,2-6,9-10H2,1H3,(H,15,17). The molecule has 1 fully saturated rings. The van der Waals surface area contributed by atoms with Crippen LogP contribution in [0.3, 0.4) is 0 Å². The second-order valence-corrected chi connectivity index (χ2v) is 5.06. The molecule has 0 amide bonds. The summed E-state index contributed by atoms with van der Waals surface area (Å²) in [6, 6.07) is 4.04. The zero-order valence-corrected chi connectivity index (χ0v) is 11.0. The van der Waals surface area contributed by atoms with Crippen LogP contribution in [0.5, 0.6) is 0 Å². The predicted molar refractivity (Wildman–Crippen MR) is 71.6 cm³/mol. The van der Waals surface area contributed by atoms with Crippen molar-refractivity contribution in [2.45, 2.75) is 51.4 Å². The molecule has 0 radical (unpaired) electrons. The number of hydrogen-bond donors (Lipinski definition) is 1. The molecular weight excluding hydrogens is 226 g/mol. The Morgan fingerprint density at radius 2 is 2.06 bits per heavy atom. The van der Waals surface area contributed by atoms with E-state index in [0.29, 0.717) is 18.9 Å². The molecule has 0 spiro atoms. The maximum absolute atomic E-state index is 10.8. The number of anilines is 1. The fourth-order valence-corrected chi connectivity index (χ4v) is 2.42. The molecule has 1 aromatic rings. The van der Waals surface area contributed by atoms with E-state index in [1.54, 1.807) is 6.92 Å². The van der Waals surface area contributed by atoms with E-state index in [1.807, 2.05) is 6.07 Å². The fourth-order valence-electron chi connectivity index (χ4n) is 2.42. The van der Waals surface area contributed by atoms with Crippen molar-refractivity contribution in [2.24, 2.45) is 0 Å². The van der Waals surface area contributed by atoms with Gasteiger partial charge in [-0.15, -0.1) is 5.10 Å². The van der Waals surface area contributed by atoms with E-state index in [2.05, 4.69) is 21.6 Å². The first-order valence-corrected chi connectivity index (χ1v) is 6.82. The van der Waals surface area contributed by atoms with Gasteiger partial charge in [0.2, 0.25) is 0 Å². The fraction of sp³-hybridized carbons (Fsp3) is 0.643. The average molecular weight is 247 g/mol. The van der Waals surface area contributed by atoms with Gasteiger partial charge in [0.1, 0.15) is 11.6 Å². The van der Waals surface area contributed by atoms with Crippen LogP contribution in [-0.2, 0) is 4.79 Å². The van der Waals surface area contributed by atoms with E-state index in [4.69, 9.17) is 0 Å². The van der Waals surface area contributed by atoms with Crippen LogP contribution in [0, 0.1) is 0 Å². The molecule has 0 atom stereocenters. The number of ketones is 1. The zero-order chi connectivity index (χ0) is 12.8. The molecule has 4 heteroatoms. The highest BCUT2D eigenvalue weighted by atomic mass is 16.1. The highest BCUT2D eigenvalue weighted by Gasteiger charge is 2.16. The second kappa shape index (κ2) is 6.47. The highest BCUT2D eigenvalue weighted by Crippen LogP contribution is 2.31. The molecule has 18 heavy (non-hydrogen) atoms. The molecule has 1 aliphatic carbocycles. The van der Waals surface area contributed by atoms with Crippen molar-refractivity contribution in [1.29, 1.82) is 0 Å². The maximum atomic E-state index is 10.8. The average Bonchev–Trinajstić information content (AvgIpc) is 2.40. The van der Waals surface area contributed by atoms with E-state index in [0.717, 1.165) is 11.5 Å². The van der Waals surface area contributed by atoms with Crippen molar-refractivity contribution in [3.63, 3.8) is 0 Å². The number of nitrogens with zero attached hydrogens (tertiary/aromatic N) is 2. The summed E-state index contributed by atoms with van der Waals surface area (Å²) in [5, 5.41) is 11.6. The van der Waals surface area contributed by atoms with Crippen LogP contribution in [-0.4, -0.2) is 22.5 Å². The first kappa shape index (κ1) is 13.0. The summed E-state index contributed by atoms with van der Waals surface area (Å²) >= 11 is 0. The van der Waals surface area contributed by atoms with Crippen molar-refractivity contribution in [2.75, 3.05) is 11.9 Å². The van der Waals surface area contributed by atoms with E-state index < -0.39 is 0 Å². The van der Waals surface area contributed by atoms with Crippen LogP contribution in [0.15, 0.2) is 12.1 Å². The Morgan fingerprint density at radius 1 is 1.28 bits per heavy atom. The Bertz CT molecular complexity index is 383. The predicted octanol–water partition coefficient (Wildman–Crippen LogP) is 2.92. The maximum Gasteiger partial charge on any atom is 0.148 e. The van der Waals surface area contributed by atoms with Crippen LogP contribution < -0.4 is 5.32 Å². The third kappa shape index (κ3) is 3.79. The molecule has 0 aromatic carbocycles. The van der Waals surface area contributed by atoms with Gasteiger partial charge >= 0.3 is 0 Å². The lowest BCUT2D eigenvalue weighted by atomic mass is 9.87. The largest absolute Gasteiger partial charge is 0.368 e. The molecule has 1 saturated carbocycles. The molecule has 0 aliphatic heterocycles. The lowest BCUT2D eigenvalue weighted by molar-refractivity contribution is -0.116. The minimum atomic E-state index is 0.189. The van der Waals surface area contributed by atoms with Gasteiger partial charge in [0.25, 0.3) is 0 Å². The lowest BCUT2D eigenvalue weighted by Crippen LogP contribution is -2.10. The van der Waals surface area contributed by atoms with E-state index in [-0.39, 0.29) is 5.78 Å². The molecular formula is C14H21N3O. The number of aromatic nitrogens is 2. The van der Waals surface area contributed by atoms with Gasteiger partial charge < -0.3 is 5.32 Å². The molecule has 1 aliphatic rings. The molecule has 0 saturated heterocycles. The van der Waals surface area contributed by atoms with Crippen molar-refractivity contribution in [1.82, 2.24) is 10.2 Å². The summed E-state index contributed by atoms with van der Waals surface area (Å²) < 4.78 is 0. The van der Waals surface area contributed by atoms with Crippen molar-refractivity contribution in [3.8, 4) is 0 Å². The molecule has 98 valence electrons. The Labute approximate surface area is 108 Å². The Morgan fingerprint density at radius 3 is 2.67 bits per heavy atom. The zero-order valence-electron chi connectivity index (χ0n) is 11.0. The number of carbonyl (C=O) groups is 1. The van der Waals surface area contributed by atoms with Crippen molar-refractivity contribution >= 4 is 11.6 Å². The number of hydrogen-bond acceptors (Lipinski definition) is 4. The van der Waals surface area contributed by atoms with Crippen LogP contribution >= 0.6 is 0 Å². The first-order valence-electron chi connectivity index (χ1n) is 6.82. The third-order valence-corrected chi connectivity index (χ3v) is 3.49. The van der Waals surface area contributed by atoms with Crippen LogP contribution in [0.4, 0.5) is 5.82 Å². The Hall–Kier alpha value is -1.45. The van der Waals surface area contributed by atoms with Gasteiger partial charge in [-0.2, -0.15) is 5.10 Å². The molecule has 0 unspecified atom stereocenters. The molecule has 2 rings (SSSR count). The quantitative estimate of drug-likeness (QED) is 0.869. The summed E-state index contributed by atoms with van der Waals surface area (Å²) in [7, 11) is 0. The molecule has 1 heterocycles. The summed E-state index contributed by atoms with van der Waals surface area (Å²) in [5.41, 5.74) is 1.12. The SMILES string of the molecule is CC(=O)CCNc1ccc(C2CCCCC2)nn1. The van der Waals surface area contributed by atoms with Gasteiger partial charge in [-0.1, -0.05) is 19.3 Å². The lowest BCUT2D eigenvalue weighted by Gasteiger charge is -2.20. The monoisotopic (exact) mass is 247 g/mol. The van der Waals surface area contributed by atoms with Gasteiger partial charge in [0.05, 0.1) is 5.69 Å². The second-order valence-electron chi connectivity index (χ2n) is 5.06. The molecule has 0 bridgehead atoms. The Kier molecular flexibility index (Phi) is 4.67. The minimum Gasteiger partial charge on any atom is -0.368 e.